The molecule has 1 aromatic carbocycles. The number of benzene rings is 1. The van der Waals surface area contributed by atoms with Crippen LogP contribution in [0.4, 0.5) is 0 Å². The molecule has 0 unspecified atom stereocenters. The van der Waals surface area contributed by atoms with Gasteiger partial charge in [0.2, 0.25) is 17.7 Å². The zero-order valence-corrected chi connectivity index (χ0v) is 40.3. The summed E-state index contributed by atoms with van der Waals surface area (Å²) in [6, 6.07) is 7.76. The summed E-state index contributed by atoms with van der Waals surface area (Å²) in [5, 5.41) is 16.6. The molecule has 3 aliphatic rings. The van der Waals surface area contributed by atoms with Crippen LogP contribution in [0.5, 0.6) is 0 Å². The van der Waals surface area contributed by atoms with Gasteiger partial charge in [-0.05, 0) is 82.5 Å². The van der Waals surface area contributed by atoms with Gasteiger partial charge in [-0.25, -0.2) is 5.06 Å². The number of carbonyl (C=O) groups is 6. The van der Waals surface area contributed by atoms with Crippen LogP contribution in [0.15, 0.2) is 30.3 Å². The summed E-state index contributed by atoms with van der Waals surface area (Å²) >= 11 is 0. The van der Waals surface area contributed by atoms with Crippen LogP contribution in [0.1, 0.15) is 118 Å². The largest absolute Gasteiger partial charge is 0.481 e. The van der Waals surface area contributed by atoms with Gasteiger partial charge in [0.05, 0.1) is 36.8 Å². The summed E-state index contributed by atoms with van der Waals surface area (Å²) in [5.41, 5.74) is -1.35. The lowest BCUT2D eigenvalue weighted by Gasteiger charge is -2.59. The summed E-state index contributed by atoms with van der Waals surface area (Å²) in [6.07, 6.45) is 3.82. The van der Waals surface area contributed by atoms with Crippen LogP contribution in [0.3, 0.4) is 0 Å². The molecule has 0 radical (unpaired) electrons. The summed E-state index contributed by atoms with van der Waals surface area (Å²) in [4.78, 5) is 93.4. The first-order valence-electron chi connectivity index (χ1n) is 23.5. The number of aliphatic carboxylic acids is 1. The van der Waals surface area contributed by atoms with Crippen LogP contribution in [0.2, 0.25) is 0 Å². The molecular weight excluding hydrogens is 821 g/mol. The first-order valence-corrected chi connectivity index (χ1v) is 23.5. The van der Waals surface area contributed by atoms with Gasteiger partial charge in [0, 0.05) is 52.1 Å². The first kappa shape index (κ1) is 52.8. The van der Waals surface area contributed by atoms with E-state index in [2.05, 4.69) is 29.4 Å². The van der Waals surface area contributed by atoms with Crippen molar-refractivity contribution in [2.75, 3.05) is 54.6 Å². The molecule has 10 atom stereocenters. The predicted octanol–water partition coefficient (Wildman–Crippen LogP) is 4.47. The third-order valence-corrected chi connectivity index (χ3v) is 14.2. The van der Waals surface area contributed by atoms with Gasteiger partial charge < -0.3 is 24.7 Å². The summed E-state index contributed by atoms with van der Waals surface area (Å²) in [6.45, 7) is 15.4. The molecule has 16 heteroatoms. The van der Waals surface area contributed by atoms with Crippen molar-refractivity contribution in [1.29, 1.82) is 0 Å². The molecule has 1 aromatic rings. The molecule has 4 rings (SSSR count). The maximum Gasteiger partial charge on any atom is 0.303 e. The van der Waals surface area contributed by atoms with E-state index in [0.29, 0.717) is 51.9 Å². The van der Waals surface area contributed by atoms with Gasteiger partial charge in [-0.15, -0.1) is 0 Å². The van der Waals surface area contributed by atoms with E-state index in [1.807, 2.05) is 76.9 Å². The normalized spacial score (nSPS) is 24.1. The smallest absolute Gasteiger partial charge is 0.303 e. The number of likely N-dealkylation sites (tertiary alicyclic amines) is 1. The van der Waals surface area contributed by atoms with Gasteiger partial charge in [-0.3, -0.25) is 48.8 Å². The number of nitrogens with zero attached hydrogens (tertiary/aromatic N) is 4. The number of amides is 4. The molecule has 0 aromatic heterocycles. The minimum Gasteiger partial charge on any atom is -0.481 e. The van der Waals surface area contributed by atoms with Gasteiger partial charge in [0.1, 0.15) is 17.5 Å². The van der Waals surface area contributed by atoms with Crippen LogP contribution in [0, 0.1) is 23.7 Å². The Morgan fingerprint density at radius 2 is 1.59 bits per heavy atom. The molecule has 64 heavy (non-hydrogen) atoms. The number of aldehydes is 1. The second-order valence-corrected chi connectivity index (χ2v) is 19.0. The lowest BCUT2D eigenvalue weighted by atomic mass is 9.78. The van der Waals surface area contributed by atoms with Gasteiger partial charge in [-0.1, -0.05) is 85.2 Å². The van der Waals surface area contributed by atoms with Crippen molar-refractivity contribution in [3.63, 3.8) is 0 Å². The molecule has 0 spiro atoms. The third kappa shape index (κ3) is 11.4. The Hall–Kier alpha value is -3.80. The summed E-state index contributed by atoms with van der Waals surface area (Å²) in [7, 11) is 6.77. The molecule has 3 N–H and O–H groups in total. The molecule has 2 saturated heterocycles. The Morgan fingerprint density at radius 1 is 0.938 bits per heavy atom. The number of methoxy groups -OCH3 is 2. The zero-order chi connectivity index (χ0) is 47.5. The second-order valence-electron chi connectivity index (χ2n) is 19.0. The number of hydroxylamine groups is 2. The molecule has 1 saturated carbocycles. The van der Waals surface area contributed by atoms with Gasteiger partial charge in [0.15, 0.2) is 0 Å². The van der Waals surface area contributed by atoms with Crippen LogP contribution >= 0.6 is 0 Å². The fourth-order valence-electron chi connectivity index (χ4n) is 11.0. The maximum absolute atomic E-state index is 14.7. The number of carbonyl (C=O) groups excluding carboxylic acids is 5. The van der Waals surface area contributed by atoms with Crippen molar-refractivity contribution in [1.82, 2.24) is 30.4 Å². The van der Waals surface area contributed by atoms with E-state index in [1.165, 1.54) is 5.06 Å². The van der Waals surface area contributed by atoms with E-state index in [-0.39, 0.29) is 48.3 Å². The number of carboxylic acids is 1. The second kappa shape index (κ2) is 23.6. The summed E-state index contributed by atoms with van der Waals surface area (Å²) < 4.78 is 12.6. The lowest BCUT2D eigenvalue weighted by molar-refractivity contribution is -0.204. The molecule has 0 bridgehead atoms. The number of hydrogen-bond acceptors (Lipinski definition) is 12. The van der Waals surface area contributed by atoms with Crippen LogP contribution < -0.4 is 10.6 Å². The predicted molar refractivity (Wildman–Crippen MR) is 243 cm³/mol. The minimum absolute atomic E-state index is 0.00803. The quantitative estimate of drug-likeness (QED) is 0.117. The van der Waals surface area contributed by atoms with Gasteiger partial charge in [-0.2, -0.15) is 0 Å². The molecule has 1 aliphatic carbocycles. The number of rotatable bonds is 25. The van der Waals surface area contributed by atoms with E-state index in [1.54, 1.807) is 26.2 Å². The number of nitrogens with one attached hydrogen (secondary N) is 2. The van der Waals surface area contributed by atoms with Gasteiger partial charge in [0.25, 0.3) is 5.91 Å². The molecule has 16 nitrogen and oxygen atoms in total. The molecule has 3 fully saturated rings. The highest BCUT2D eigenvalue weighted by atomic mass is 16.7. The Balaban J connectivity index is 1.72. The van der Waals surface area contributed by atoms with Crippen LogP contribution in [-0.2, 0) is 43.1 Å². The first-order chi connectivity index (χ1) is 30.4. The number of hydrogen-bond donors (Lipinski definition) is 3. The van der Waals surface area contributed by atoms with E-state index in [4.69, 9.17) is 14.3 Å². The fourth-order valence-corrected chi connectivity index (χ4v) is 11.0. The van der Waals surface area contributed by atoms with Crippen molar-refractivity contribution in [3.05, 3.63) is 35.9 Å². The van der Waals surface area contributed by atoms with E-state index >= 15 is 0 Å². The fraction of sp³-hybridized carbons (Fsp3) is 0.750. The highest BCUT2D eigenvalue weighted by Gasteiger charge is 2.64. The maximum atomic E-state index is 14.7. The molecule has 2 heterocycles. The van der Waals surface area contributed by atoms with Crippen molar-refractivity contribution >= 4 is 35.9 Å². The average Bonchev–Trinajstić information content (AvgIpc) is 3.79. The van der Waals surface area contributed by atoms with E-state index < -0.39 is 65.2 Å². The van der Waals surface area contributed by atoms with E-state index in [9.17, 15) is 33.9 Å². The van der Waals surface area contributed by atoms with Crippen molar-refractivity contribution < 1.29 is 48.2 Å². The number of ether oxygens (including phenoxy) is 2. The summed E-state index contributed by atoms with van der Waals surface area (Å²) in [5.74, 6) is -4.18. The number of carboxylic acid groups (broad SMARTS) is 1. The zero-order valence-electron chi connectivity index (χ0n) is 40.3. The van der Waals surface area contributed by atoms with Crippen molar-refractivity contribution in [2.45, 2.75) is 154 Å². The highest BCUT2D eigenvalue weighted by molar-refractivity contribution is 6.00. The Kier molecular flexibility index (Phi) is 19.5. The molecule has 2 aliphatic heterocycles. The van der Waals surface area contributed by atoms with Crippen LogP contribution in [0.25, 0.3) is 0 Å². The van der Waals surface area contributed by atoms with Gasteiger partial charge >= 0.3 is 5.97 Å². The molecule has 360 valence electrons. The van der Waals surface area contributed by atoms with Crippen molar-refractivity contribution in [2.24, 2.45) is 23.7 Å². The van der Waals surface area contributed by atoms with Crippen molar-refractivity contribution in [3.8, 4) is 0 Å². The number of imide groups is 1. The topological polar surface area (TPSA) is 187 Å². The Morgan fingerprint density at radius 3 is 2.14 bits per heavy atom. The SMILES string of the molecule is CC[C@H](C)[C@]([C@@H](CC=O)OC)(N(C)[C@H](C(=O)NC(=O)[C@H](C(C)C)N(C)CCCC(=O)O)C(C)C)N1CCC[C@H]1[C@H](OC)[C@@H](C)C(=O)N[C@@]1(C(=O)N2CCCCO2)C[C@@H]1c1ccccc1. The lowest BCUT2D eigenvalue weighted by Crippen LogP contribution is -2.75. The standard InChI is InChI=1S/C48H78N6O10/c1-12-33(6)48(38(62-10)24-28-55,52(9)41(32(4)5)45(60)49-44(59)40(31(2)3)51(8)25-19-23-39(56)57)53-26-18-22-37(53)42(63-11)34(7)43(58)50-47(46(61)54-27-16-17-29-64-54)30-36(47)35-20-14-13-15-21-35/h13-15,20-21,28,31-34,36-38,40-42H,12,16-19,22-27,29-30H2,1-11H3,(H,50,58)(H,56,57)(H,49,59,60)/t33-,34+,36+,37-,38+,40-,41-,42+,47-,48-/m0/s1. The Bertz CT molecular complexity index is 1730. The van der Waals surface area contributed by atoms with E-state index in [0.717, 1.165) is 31.1 Å². The Labute approximate surface area is 381 Å². The average molecular weight is 899 g/mol. The monoisotopic (exact) mass is 899 g/mol. The highest BCUT2D eigenvalue weighted by Crippen LogP contribution is 2.53. The molecule has 4 amide bonds. The van der Waals surface area contributed by atoms with Crippen LogP contribution in [-0.4, -0.2) is 157 Å². The third-order valence-electron chi connectivity index (χ3n) is 14.2. The number of likely N-dealkylation sites (N-methyl/N-ethyl adjacent to an activating group) is 2. The minimum atomic E-state index is -1.18. The molecular formula is C48H78N6O10.